The van der Waals surface area contributed by atoms with Gasteiger partial charge in [-0.15, -0.1) is 11.6 Å². The quantitative estimate of drug-likeness (QED) is 0.305. The number of H-pyrrole nitrogens is 1. The molecule has 0 aliphatic carbocycles. The third-order valence-electron chi connectivity index (χ3n) is 4.11. The molecular weight excluding hydrogens is 431 g/mol. The standard InChI is InChI=1S/C18H16Cl2N2O2.C4H9Cl/c1-2-3-8-24-16-7-5-12(20)10-14(16)17-21-15-6-4-11(19)9-13(15)18(23)22-17;1-2-3-4-5/h4-7,9-10H,2-3,8H2,1H3,(H,21,22,23);2-4H2,1H3. The van der Waals surface area contributed by atoms with Crippen LogP contribution < -0.4 is 10.3 Å². The first-order valence-electron chi connectivity index (χ1n) is 9.68. The third-order valence-corrected chi connectivity index (χ3v) is 4.84. The van der Waals surface area contributed by atoms with Crippen LogP contribution in [0.2, 0.25) is 10.0 Å². The second-order valence-corrected chi connectivity index (χ2v) is 7.71. The Bertz CT molecular complexity index is 987. The molecule has 7 heteroatoms. The lowest BCUT2D eigenvalue weighted by Gasteiger charge is -2.12. The second kappa shape index (κ2) is 12.1. The van der Waals surface area contributed by atoms with Gasteiger partial charge in [-0.3, -0.25) is 4.79 Å². The summed E-state index contributed by atoms with van der Waals surface area (Å²) in [6.45, 7) is 4.82. The molecule has 0 fully saturated rings. The first-order valence-corrected chi connectivity index (χ1v) is 11.0. The fourth-order valence-electron chi connectivity index (χ4n) is 2.51. The van der Waals surface area contributed by atoms with Crippen LogP contribution in [0.3, 0.4) is 0 Å². The summed E-state index contributed by atoms with van der Waals surface area (Å²) in [4.78, 5) is 19.7. The topological polar surface area (TPSA) is 55.0 Å². The molecule has 29 heavy (non-hydrogen) atoms. The lowest BCUT2D eigenvalue weighted by Crippen LogP contribution is -2.10. The van der Waals surface area contributed by atoms with Crippen LogP contribution >= 0.6 is 34.8 Å². The van der Waals surface area contributed by atoms with Gasteiger partial charge < -0.3 is 9.72 Å². The molecule has 1 aromatic heterocycles. The Morgan fingerprint density at radius 3 is 2.34 bits per heavy atom. The van der Waals surface area contributed by atoms with Crippen LogP contribution in [0.15, 0.2) is 41.2 Å². The molecule has 0 spiro atoms. The van der Waals surface area contributed by atoms with Gasteiger partial charge in [-0.2, -0.15) is 0 Å². The van der Waals surface area contributed by atoms with Gasteiger partial charge in [0, 0.05) is 15.9 Å². The number of hydrogen-bond donors (Lipinski definition) is 1. The first kappa shape index (κ1) is 23.5. The third kappa shape index (κ3) is 6.91. The van der Waals surface area contributed by atoms with Crippen molar-refractivity contribution in [3.8, 4) is 17.1 Å². The van der Waals surface area contributed by atoms with Crippen molar-refractivity contribution in [3.05, 3.63) is 56.8 Å². The minimum atomic E-state index is -0.253. The van der Waals surface area contributed by atoms with E-state index in [4.69, 9.17) is 39.5 Å². The number of rotatable bonds is 7. The van der Waals surface area contributed by atoms with Crippen LogP contribution in [0.1, 0.15) is 39.5 Å². The number of halogens is 3. The van der Waals surface area contributed by atoms with Gasteiger partial charge in [0.2, 0.25) is 0 Å². The van der Waals surface area contributed by atoms with Crippen molar-refractivity contribution in [3.63, 3.8) is 0 Å². The van der Waals surface area contributed by atoms with Crippen LogP contribution in [-0.4, -0.2) is 22.5 Å². The normalized spacial score (nSPS) is 10.5. The average molecular weight is 456 g/mol. The fourth-order valence-corrected chi connectivity index (χ4v) is 3.12. The van der Waals surface area contributed by atoms with E-state index in [0.717, 1.165) is 25.1 Å². The monoisotopic (exact) mass is 454 g/mol. The fraction of sp³-hybridized carbons (Fsp3) is 0.364. The summed E-state index contributed by atoms with van der Waals surface area (Å²) in [6, 6.07) is 10.3. The van der Waals surface area contributed by atoms with E-state index in [2.05, 4.69) is 23.8 Å². The molecule has 1 heterocycles. The molecule has 0 amide bonds. The van der Waals surface area contributed by atoms with Gasteiger partial charge in [0.05, 0.1) is 23.1 Å². The Morgan fingerprint density at radius 2 is 1.69 bits per heavy atom. The smallest absolute Gasteiger partial charge is 0.259 e. The number of hydrogen-bond acceptors (Lipinski definition) is 3. The summed E-state index contributed by atoms with van der Waals surface area (Å²) in [5.74, 6) is 1.88. The van der Waals surface area contributed by atoms with Crippen molar-refractivity contribution in [2.45, 2.75) is 39.5 Å². The molecule has 0 saturated heterocycles. The Labute approximate surface area is 186 Å². The van der Waals surface area contributed by atoms with E-state index in [9.17, 15) is 4.79 Å². The maximum absolute atomic E-state index is 12.4. The predicted molar refractivity (Wildman–Crippen MR) is 124 cm³/mol. The Hall–Kier alpha value is -1.75. The number of alkyl halides is 1. The van der Waals surface area contributed by atoms with Crippen LogP contribution in [-0.2, 0) is 0 Å². The second-order valence-electron chi connectivity index (χ2n) is 6.46. The molecule has 0 aliphatic rings. The molecule has 156 valence electrons. The van der Waals surface area contributed by atoms with E-state index in [0.29, 0.717) is 44.7 Å². The molecule has 3 rings (SSSR count). The van der Waals surface area contributed by atoms with Crippen molar-refractivity contribution < 1.29 is 4.74 Å². The van der Waals surface area contributed by atoms with Gasteiger partial charge >= 0.3 is 0 Å². The predicted octanol–water partition coefficient (Wildman–Crippen LogP) is 7.10. The number of fused-ring (bicyclic) bond motifs is 1. The van der Waals surface area contributed by atoms with Crippen molar-refractivity contribution in [2.24, 2.45) is 0 Å². The largest absolute Gasteiger partial charge is 0.493 e. The van der Waals surface area contributed by atoms with Crippen molar-refractivity contribution in [1.29, 1.82) is 0 Å². The molecular formula is C22H25Cl3N2O2. The summed E-state index contributed by atoms with van der Waals surface area (Å²) in [5, 5.41) is 1.49. The first-order chi connectivity index (χ1) is 14.0. The van der Waals surface area contributed by atoms with E-state index in [1.54, 1.807) is 36.4 Å². The van der Waals surface area contributed by atoms with Gasteiger partial charge in [-0.25, -0.2) is 4.98 Å². The molecule has 0 unspecified atom stereocenters. The molecule has 3 aromatic rings. The Morgan fingerprint density at radius 1 is 1.00 bits per heavy atom. The zero-order valence-corrected chi connectivity index (χ0v) is 18.9. The van der Waals surface area contributed by atoms with Crippen LogP contribution in [0, 0.1) is 0 Å². The molecule has 0 radical (unpaired) electrons. The molecule has 0 aliphatic heterocycles. The van der Waals surface area contributed by atoms with Crippen LogP contribution in [0.5, 0.6) is 5.75 Å². The molecule has 0 saturated carbocycles. The van der Waals surface area contributed by atoms with E-state index in [1.165, 1.54) is 6.42 Å². The van der Waals surface area contributed by atoms with Gasteiger partial charge in [-0.1, -0.05) is 49.9 Å². The van der Waals surface area contributed by atoms with Gasteiger partial charge in [0.15, 0.2) is 0 Å². The van der Waals surface area contributed by atoms with Crippen LogP contribution in [0.25, 0.3) is 22.3 Å². The van der Waals surface area contributed by atoms with E-state index >= 15 is 0 Å². The molecule has 0 bridgehead atoms. The number of ether oxygens (including phenoxy) is 1. The van der Waals surface area contributed by atoms with E-state index < -0.39 is 0 Å². The number of nitrogens with one attached hydrogen (secondary N) is 1. The SMILES string of the molecule is CCCCCl.CCCCOc1ccc(Cl)cc1-c1nc2ccc(Cl)cc2c(=O)[nH]1. The minimum Gasteiger partial charge on any atom is -0.493 e. The summed E-state index contributed by atoms with van der Waals surface area (Å²) in [5.41, 5.74) is 0.974. The Balaban J connectivity index is 0.000000537. The highest BCUT2D eigenvalue weighted by molar-refractivity contribution is 6.31. The summed E-state index contributed by atoms with van der Waals surface area (Å²) in [6.07, 6.45) is 4.35. The van der Waals surface area contributed by atoms with E-state index in [1.807, 2.05) is 0 Å². The summed E-state index contributed by atoms with van der Waals surface area (Å²) in [7, 11) is 0. The summed E-state index contributed by atoms with van der Waals surface area (Å²) < 4.78 is 5.82. The van der Waals surface area contributed by atoms with E-state index in [-0.39, 0.29) is 5.56 Å². The Kier molecular flexibility index (Phi) is 9.79. The lowest BCUT2D eigenvalue weighted by atomic mass is 10.1. The number of aromatic nitrogens is 2. The summed E-state index contributed by atoms with van der Waals surface area (Å²) >= 11 is 17.4. The van der Waals surface area contributed by atoms with Crippen LogP contribution in [0.4, 0.5) is 0 Å². The molecule has 2 aromatic carbocycles. The zero-order valence-electron chi connectivity index (χ0n) is 16.6. The number of nitrogens with zero attached hydrogens (tertiary/aromatic N) is 1. The maximum Gasteiger partial charge on any atom is 0.259 e. The van der Waals surface area contributed by atoms with Crippen molar-refractivity contribution in [2.75, 3.05) is 12.5 Å². The highest BCUT2D eigenvalue weighted by Crippen LogP contribution is 2.31. The average Bonchev–Trinajstić information content (AvgIpc) is 2.71. The maximum atomic E-state index is 12.4. The van der Waals surface area contributed by atoms with Gasteiger partial charge in [-0.05, 0) is 49.2 Å². The molecule has 0 atom stereocenters. The van der Waals surface area contributed by atoms with Crippen molar-refractivity contribution in [1.82, 2.24) is 9.97 Å². The number of aromatic amines is 1. The van der Waals surface area contributed by atoms with Crippen molar-refractivity contribution >= 4 is 45.7 Å². The number of unbranched alkanes of at least 4 members (excludes halogenated alkanes) is 2. The molecule has 1 N–H and O–H groups in total. The zero-order chi connectivity index (χ0) is 21.2. The van der Waals surface area contributed by atoms with Gasteiger partial charge in [0.1, 0.15) is 11.6 Å². The highest BCUT2D eigenvalue weighted by atomic mass is 35.5. The highest BCUT2D eigenvalue weighted by Gasteiger charge is 2.12. The lowest BCUT2D eigenvalue weighted by molar-refractivity contribution is 0.310. The molecule has 4 nitrogen and oxygen atoms in total. The minimum absolute atomic E-state index is 0.253. The number of benzene rings is 2. The van der Waals surface area contributed by atoms with Gasteiger partial charge in [0.25, 0.3) is 5.56 Å².